The summed E-state index contributed by atoms with van der Waals surface area (Å²) in [6.45, 7) is 4.35. The van der Waals surface area contributed by atoms with Gasteiger partial charge in [-0.1, -0.05) is 36.7 Å². The molecule has 0 atom stereocenters. The second-order valence-electron chi connectivity index (χ2n) is 7.56. The molecule has 4 rings (SSSR count). The minimum Gasteiger partial charge on any atom is -0.488 e. The summed E-state index contributed by atoms with van der Waals surface area (Å²) in [5, 5.41) is 0.558. The van der Waals surface area contributed by atoms with Crippen LogP contribution in [0.4, 0.5) is 4.39 Å². The van der Waals surface area contributed by atoms with Crippen LogP contribution >= 0.6 is 11.6 Å². The third kappa shape index (κ3) is 5.13. The molecule has 0 bridgehead atoms. The van der Waals surface area contributed by atoms with Gasteiger partial charge in [0.15, 0.2) is 5.69 Å². The summed E-state index contributed by atoms with van der Waals surface area (Å²) in [6.07, 6.45) is 0.748. The molecule has 5 nitrogen and oxygen atoms in total. The number of carbonyl (C=O) groups excluding carboxylic acids is 1. The van der Waals surface area contributed by atoms with Gasteiger partial charge in [0.2, 0.25) is 0 Å². The van der Waals surface area contributed by atoms with Crippen molar-refractivity contribution in [1.29, 1.82) is 0 Å². The summed E-state index contributed by atoms with van der Waals surface area (Å²) in [7, 11) is 0. The van der Waals surface area contributed by atoms with E-state index >= 15 is 0 Å². The third-order valence-corrected chi connectivity index (χ3v) is 5.53. The molecular weight excluding hydrogens is 455 g/mol. The van der Waals surface area contributed by atoms with Crippen LogP contribution in [0, 0.1) is 5.82 Å². The van der Waals surface area contributed by atoms with Crippen molar-refractivity contribution in [3.8, 4) is 22.8 Å². The normalized spacial score (nSPS) is 10.8. The van der Waals surface area contributed by atoms with Crippen LogP contribution in [0.3, 0.4) is 0 Å². The lowest BCUT2D eigenvalue weighted by Gasteiger charge is -2.16. The number of hydrogen-bond donors (Lipinski definition) is 0. The highest BCUT2D eigenvalue weighted by molar-refractivity contribution is 6.31. The summed E-state index contributed by atoms with van der Waals surface area (Å²) in [4.78, 5) is 16.8. The van der Waals surface area contributed by atoms with E-state index in [-0.39, 0.29) is 24.7 Å². The number of halogens is 2. The Morgan fingerprint density at radius 2 is 1.82 bits per heavy atom. The van der Waals surface area contributed by atoms with E-state index in [0.29, 0.717) is 16.6 Å². The minimum atomic E-state index is -0.470. The van der Waals surface area contributed by atoms with Crippen LogP contribution in [0.2, 0.25) is 5.02 Å². The van der Waals surface area contributed by atoms with Crippen molar-refractivity contribution in [2.24, 2.45) is 0 Å². The van der Waals surface area contributed by atoms with Gasteiger partial charge in [-0.15, -0.1) is 0 Å². The maximum atomic E-state index is 13.2. The number of benzene rings is 2. The van der Waals surface area contributed by atoms with E-state index in [0.717, 1.165) is 28.9 Å². The Kier molecular flexibility index (Phi) is 7.28. The SMILES string of the molecule is CCOC(=O)c1cccc(-n2c(CC)ccc2-c2cc(Cl)ccc2OCc2ccc(F)cc2)n1. The Morgan fingerprint density at radius 3 is 2.56 bits per heavy atom. The highest BCUT2D eigenvalue weighted by Gasteiger charge is 2.18. The quantitative estimate of drug-likeness (QED) is 0.266. The molecule has 0 aliphatic heterocycles. The van der Waals surface area contributed by atoms with Crippen LogP contribution in [0.15, 0.2) is 72.8 Å². The molecule has 34 heavy (non-hydrogen) atoms. The molecule has 0 fully saturated rings. The van der Waals surface area contributed by atoms with Crippen molar-refractivity contribution < 1.29 is 18.7 Å². The number of aromatic nitrogens is 2. The first-order valence-electron chi connectivity index (χ1n) is 11.0. The smallest absolute Gasteiger partial charge is 0.356 e. The van der Waals surface area contributed by atoms with Crippen molar-refractivity contribution in [2.45, 2.75) is 26.9 Å². The van der Waals surface area contributed by atoms with Gasteiger partial charge in [-0.3, -0.25) is 4.57 Å². The Hall–Kier alpha value is -3.64. The van der Waals surface area contributed by atoms with Crippen molar-refractivity contribution in [3.05, 3.63) is 101 Å². The molecule has 0 unspecified atom stereocenters. The van der Waals surface area contributed by atoms with Gasteiger partial charge in [0.25, 0.3) is 0 Å². The van der Waals surface area contributed by atoms with Gasteiger partial charge < -0.3 is 9.47 Å². The molecular formula is C27H24ClFN2O3. The second-order valence-corrected chi connectivity index (χ2v) is 7.99. The van der Waals surface area contributed by atoms with E-state index in [2.05, 4.69) is 11.9 Å². The molecule has 2 aromatic carbocycles. The molecule has 174 valence electrons. The highest BCUT2D eigenvalue weighted by atomic mass is 35.5. The van der Waals surface area contributed by atoms with Crippen LogP contribution in [-0.4, -0.2) is 22.1 Å². The predicted molar refractivity (Wildman–Crippen MR) is 130 cm³/mol. The molecule has 0 aliphatic carbocycles. The number of rotatable bonds is 8. The van der Waals surface area contributed by atoms with Gasteiger partial charge in [-0.05, 0) is 73.5 Å². The van der Waals surface area contributed by atoms with E-state index in [1.54, 1.807) is 37.3 Å². The molecule has 0 saturated heterocycles. The molecule has 7 heteroatoms. The Morgan fingerprint density at radius 1 is 1.03 bits per heavy atom. The second kappa shape index (κ2) is 10.5. The first kappa shape index (κ1) is 23.5. The van der Waals surface area contributed by atoms with Gasteiger partial charge in [0, 0.05) is 16.3 Å². The zero-order chi connectivity index (χ0) is 24.1. The molecule has 0 amide bonds. The zero-order valence-electron chi connectivity index (χ0n) is 18.9. The maximum Gasteiger partial charge on any atom is 0.356 e. The number of carbonyl (C=O) groups is 1. The topological polar surface area (TPSA) is 53.4 Å². The molecule has 0 radical (unpaired) electrons. The standard InChI is InChI=1S/C27H24ClFN2O3/c1-3-21-13-14-24(31(21)26-7-5-6-23(30-26)27(32)33-4-2)22-16-19(28)10-15-25(22)34-17-18-8-11-20(29)12-9-18/h5-16H,3-4,17H2,1-2H3. The molecule has 0 spiro atoms. The summed E-state index contributed by atoms with van der Waals surface area (Å²) in [5.41, 5.74) is 3.68. The molecule has 0 saturated carbocycles. The van der Waals surface area contributed by atoms with Gasteiger partial charge in [0.1, 0.15) is 24.0 Å². The number of nitrogens with zero attached hydrogens (tertiary/aromatic N) is 2. The first-order valence-corrected chi connectivity index (χ1v) is 11.4. The Balaban J connectivity index is 1.75. The molecule has 4 aromatic rings. The average molecular weight is 479 g/mol. The van der Waals surface area contributed by atoms with Crippen molar-refractivity contribution >= 4 is 17.6 Å². The Bertz CT molecular complexity index is 1300. The summed E-state index contributed by atoms with van der Waals surface area (Å²) >= 11 is 6.36. The summed E-state index contributed by atoms with van der Waals surface area (Å²) < 4.78 is 26.5. The van der Waals surface area contributed by atoms with Crippen LogP contribution in [-0.2, 0) is 17.8 Å². The fraction of sp³-hybridized carbons (Fsp3) is 0.185. The molecule has 2 heterocycles. The Labute approximate surface area is 202 Å². The fourth-order valence-electron chi connectivity index (χ4n) is 3.67. The maximum absolute atomic E-state index is 13.2. The van der Waals surface area contributed by atoms with E-state index in [1.807, 2.05) is 34.9 Å². The monoisotopic (exact) mass is 478 g/mol. The lowest BCUT2D eigenvalue weighted by atomic mass is 10.1. The number of ether oxygens (including phenoxy) is 2. The first-order chi connectivity index (χ1) is 16.5. The van der Waals surface area contributed by atoms with Crippen LogP contribution in [0.25, 0.3) is 17.1 Å². The van der Waals surface area contributed by atoms with E-state index in [1.165, 1.54) is 12.1 Å². The zero-order valence-corrected chi connectivity index (χ0v) is 19.7. The van der Waals surface area contributed by atoms with E-state index in [9.17, 15) is 9.18 Å². The van der Waals surface area contributed by atoms with Gasteiger partial charge in [0.05, 0.1) is 12.3 Å². The van der Waals surface area contributed by atoms with E-state index in [4.69, 9.17) is 21.1 Å². The van der Waals surface area contributed by atoms with Crippen LogP contribution < -0.4 is 4.74 Å². The predicted octanol–water partition coefficient (Wildman–Crippen LogP) is 6.65. The van der Waals surface area contributed by atoms with Gasteiger partial charge in [-0.25, -0.2) is 14.2 Å². The molecule has 2 aromatic heterocycles. The van der Waals surface area contributed by atoms with Crippen LogP contribution in [0.1, 0.15) is 35.6 Å². The number of hydrogen-bond acceptors (Lipinski definition) is 4. The highest BCUT2D eigenvalue weighted by Crippen LogP contribution is 2.36. The lowest BCUT2D eigenvalue weighted by Crippen LogP contribution is -2.11. The largest absolute Gasteiger partial charge is 0.488 e. The number of pyridine rings is 1. The van der Waals surface area contributed by atoms with Gasteiger partial charge in [-0.2, -0.15) is 0 Å². The third-order valence-electron chi connectivity index (χ3n) is 5.30. The van der Waals surface area contributed by atoms with E-state index < -0.39 is 5.97 Å². The van der Waals surface area contributed by atoms with Gasteiger partial charge >= 0.3 is 5.97 Å². The summed E-state index contributed by atoms with van der Waals surface area (Å²) in [5.74, 6) is 0.449. The number of aryl methyl sites for hydroxylation is 1. The molecule has 0 aliphatic rings. The average Bonchev–Trinajstić information content (AvgIpc) is 3.28. The van der Waals surface area contributed by atoms with Crippen molar-refractivity contribution in [2.75, 3.05) is 6.61 Å². The molecule has 0 N–H and O–H groups in total. The van der Waals surface area contributed by atoms with Crippen LogP contribution in [0.5, 0.6) is 5.75 Å². The minimum absolute atomic E-state index is 0.236. The lowest BCUT2D eigenvalue weighted by molar-refractivity contribution is 0.0519. The summed E-state index contributed by atoms with van der Waals surface area (Å²) in [6, 6.07) is 20.8. The van der Waals surface area contributed by atoms with Crippen molar-refractivity contribution in [1.82, 2.24) is 9.55 Å². The van der Waals surface area contributed by atoms with Crippen molar-refractivity contribution in [3.63, 3.8) is 0 Å². The fourth-order valence-corrected chi connectivity index (χ4v) is 3.84. The number of esters is 1.